The van der Waals surface area contributed by atoms with E-state index in [1.54, 1.807) is 30.8 Å². The van der Waals surface area contributed by atoms with Gasteiger partial charge in [0.05, 0.1) is 28.8 Å². The van der Waals surface area contributed by atoms with Crippen molar-refractivity contribution in [3.63, 3.8) is 0 Å². The number of nitrogens with zero attached hydrogens (tertiary/aromatic N) is 3. The number of aliphatic imine (C=N–C) groups is 1. The number of non-ortho nitro benzene ring substituents is 1. The molecule has 154 valence electrons. The van der Waals surface area contributed by atoms with Crippen molar-refractivity contribution in [2.75, 3.05) is 18.9 Å². The molecule has 0 N–H and O–H groups in total. The molecule has 2 aromatic rings. The number of rotatable bonds is 5. The summed E-state index contributed by atoms with van der Waals surface area (Å²) in [6.45, 7) is 2.77. The molecule has 8 heteroatoms. The molecule has 2 aliphatic heterocycles. The fourth-order valence-electron chi connectivity index (χ4n) is 3.71. The van der Waals surface area contributed by atoms with Crippen LogP contribution in [-0.2, 0) is 9.53 Å². The Morgan fingerprint density at radius 3 is 2.63 bits per heavy atom. The van der Waals surface area contributed by atoms with Crippen LogP contribution in [0.25, 0.3) is 5.70 Å². The van der Waals surface area contributed by atoms with Gasteiger partial charge in [-0.05, 0) is 31.0 Å². The van der Waals surface area contributed by atoms with Gasteiger partial charge in [-0.15, -0.1) is 0 Å². The summed E-state index contributed by atoms with van der Waals surface area (Å²) in [5, 5.41) is 12.0. The summed E-state index contributed by atoms with van der Waals surface area (Å²) in [5.74, 6) is 0.539. The Morgan fingerprint density at radius 1 is 1.23 bits per heavy atom. The van der Waals surface area contributed by atoms with Crippen LogP contribution in [0.4, 0.5) is 5.69 Å². The molecule has 2 heterocycles. The van der Waals surface area contributed by atoms with Crippen molar-refractivity contribution < 1.29 is 14.5 Å². The van der Waals surface area contributed by atoms with Crippen molar-refractivity contribution >= 4 is 34.3 Å². The molecule has 2 aliphatic rings. The van der Waals surface area contributed by atoms with Gasteiger partial charge >= 0.3 is 5.97 Å². The zero-order valence-electron chi connectivity index (χ0n) is 16.5. The molecular formula is C22H21N3O4S. The van der Waals surface area contributed by atoms with E-state index >= 15 is 0 Å². The Hall–Kier alpha value is -3.13. The van der Waals surface area contributed by atoms with E-state index in [0.29, 0.717) is 11.3 Å². The van der Waals surface area contributed by atoms with E-state index in [1.807, 2.05) is 30.3 Å². The normalized spacial score (nSPS) is 18.5. The number of nitro benzene ring substituents is 1. The van der Waals surface area contributed by atoms with Crippen molar-refractivity contribution in [1.82, 2.24) is 4.90 Å². The number of thioether (sulfide) groups is 1. The second-order valence-electron chi connectivity index (χ2n) is 6.89. The Balaban J connectivity index is 1.91. The third-order valence-electron chi connectivity index (χ3n) is 5.03. The van der Waals surface area contributed by atoms with Crippen molar-refractivity contribution in [2.45, 2.75) is 19.4 Å². The largest absolute Gasteiger partial charge is 0.463 e. The Bertz CT molecular complexity index is 1020. The first-order valence-corrected chi connectivity index (χ1v) is 10.8. The maximum Gasteiger partial charge on any atom is 0.338 e. The van der Waals surface area contributed by atoms with Crippen molar-refractivity contribution in [3.05, 3.63) is 81.4 Å². The number of fused-ring (bicyclic) bond motifs is 1. The van der Waals surface area contributed by atoms with Crippen LogP contribution in [0.15, 0.2) is 65.2 Å². The second kappa shape index (κ2) is 8.71. The van der Waals surface area contributed by atoms with Crippen molar-refractivity contribution in [2.24, 2.45) is 4.99 Å². The Morgan fingerprint density at radius 2 is 1.97 bits per heavy atom. The highest BCUT2D eigenvalue weighted by Gasteiger charge is 2.39. The van der Waals surface area contributed by atoms with Crippen LogP contribution >= 0.6 is 11.8 Å². The van der Waals surface area contributed by atoms with Gasteiger partial charge in [-0.3, -0.25) is 10.1 Å². The van der Waals surface area contributed by atoms with E-state index in [-0.39, 0.29) is 12.3 Å². The molecule has 7 nitrogen and oxygen atoms in total. The van der Waals surface area contributed by atoms with Gasteiger partial charge in [-0.2, -0.15) is 0 Å². The SMILES string of the molecule is CCOC(=O)C1=C(c2ccccc2)N=C2SCCCN2C1c1ccc([N+](=O)[O-])cc1. The number of ether oxygens (including phenoxy) is 1. The van der Waals surface area contributed by atoms with Gasteiger partial charge in [0.1, 0.15) is 0 Å². The highest BCUT2D eigenvalue weighted by molar-refractivity contribution is 8.13. The molecule has 30 heavy (non-hydrogen) atoms. The summed E-state index contributed by atoms with van der Waals surface area (Å²) in [6, 6.07) is 15.5. The average molecular weight is 423 g/mol. The van der Waals surface area contributed by atoms with E-state index < -0.39 is 16.9 Å². The van der Waals surface area contributed by atoms with Crippen LogP contribution in [0.2, 0.25) is 0 Å². The summed E-state index contributed by atoms with van der Waals surface area (Å²) >= 11 is 1.66. The van der Waals surface area contributed by atoms with Crippen LogP contribution < -0.4 is 0 Å². The number of nitro groups is 1. The third-order valence-corrected chi connectivity index (χ3v) is 6.11. The molecule has 2 aromatic carbocycles. The molecule has 0 amide bonds. The first kappa shape index (κ1) is 20.2. The van der Waals surface area contributed by atoms with Crippen LogP contribution in [0, 0.1) is 10.1 Å². The maximum atomic E-state index is 13.1. The minimum absolute atomic E-state index is 0.0152. The first-order chi connectivity index (χ1) is 14.6. The third kappa shape index (κ3) is 3.82. The molecule has 0 bridgehead atoms. The number of esters is 1. The summed E-state index contributed by atoms with van der Waals surface area (Å²) < 4.78 is 5.42. The molecule has 1 atom stereocenters. The summed E-state index contributed by atoms with van der Waals surface area (Å²) in [5.41, 5.74) is 2.71. The zero-order valence-corrected chi connectivity index (χ0v) is 17.3. The minimum atomic E-state index is -0.425. The lowest BCUT2D eigenvalue weighted by atomic mass is 9.91. The Labute approximate surface area is 178 Å². The number of hydrogen-bond acceptors (Lipinski definition) is 7. The Kier molecular flexibility index (Phi) is 5.85. The second-order valence-corrected chi connectivity index (χ2v) is 7.95. The van der Waals surface area contributed by atoms with Gasteiger partial charge in [-0.25, -0.2) is 9.79 Å². The lowest BCUT2D eigenvalue weighted by Gasteiger charge is -2.41. The lowest BCUT2D eigenvalue weighted by molar-refractivity contribution is -0.384. The fraction of sp³-hybridized carbons (Fsp3) is 0.273. The molecule has 0 radical (unpaired) electrons. The van der Waals surface area contributed by atoms with Gasteiger partial charge in [0.15, 0.2) is 5.17 Å². The predicted octanol–water partition coefficient (Wildman–Crippen LogP) is 4.42. The summed E-state index contributed by atoms with van der Waals surface area (Å²) in [6.07, 6.45) is 0.962. The van der Waals surface area contributed by atoms with Crippen LogP contribution in [0.5, 0.6) is 0 Å². The van der Waals surface area contributed by atoms with Gasteiger partial charge in [-0.1, -0.05) is 42.1 Å². The smallest absolute Gasteiger partial charge is 0.338 e. The van der Waals surface area contributed by atoms with E-state index in [0.717, 1.165) is 35.0 Å². The molecule has 0 aliphatic carbocycles. The number of hydrogen-bond donors (Lipinski definition) is 0. The number of carbonyl (C=O) groups is 1. The number of carbonyl (C=O) groups excluding carboxylic acids is 1. The highest BCUT2D eigenvalue weighted by Crippen LogP contribution is 2.43. The van der Waals surface area contributed by atoms with Gasteiger partial charge in [0, 0.05) is 30.0 Å². The zero-order chi connectivity index (χ0) is 21.1. The lowest BCUT2D eigenvalue weighted by Crippen LogP contribution is -2.42. The fourth-order valence-corrected chi connectivity index (χ4v) is 4.69. The van der Waals surface area contributed by atoms with Gasteiger partial charge in [0.25, 0.3) is 5.69 Å². The number of amidine groups is 1. The van der Waals surface area contributed by atoms with Crippen molar-refractivity contribution in [3.8, 4) is 0 Å². The van der Waals surface area contributed by atoms with Crippen molar-refractivity contribution in [1.29, 1.82) is 0 Å². The highest BCUT2D eigenvalue weighted by atomic mass is 32.2. The van der Waals surface area contributed by atoms with E-state index in [4.69, 9.17) is 9.73 Å². The molecule has 1 saturated heterocycles. The van der Waals surface area contributed by atoms with Crippen LogP contribution in [0.3, 0.4) is 0 Å². The molecule has 0 aromatic heterocycles. The predicted molar refractivity (Wildman–Crippen MR) is 117 cm³/mol. The topological polar surface area (TPSA) is 85.0 Å². The van der Waals surface area contributed by atoms with E-state index in [1.165, 1.54) is 12.1 Å². The first-order valence-electron chi connectivity index (χ1n) is 9.79. The maximum absolute atomic E-state index is 13.1. The van der Waals surface area contributed by atoms with Crippen LogP contribution in [-0.4, -0.2) is 39.9 Å². The minimum Gasteiger partial charge on any atom is -0.463 e. The van der Waals surface area contributed by atoms with Gasteiger partial charge in [0.2, 0.25) is 0 Å². The standard InChI is InChI=1S/C22H21N3O4S/c1-2-29-21(26)18-19(15-7-4-3-5-8-15)23-22-24(13-6-14-30-22)20(18)16-9-11-17(12-10-16)25(27)28/h3-5,7-12,20H,2,6,13-14H2,1H3. The monoisotopic (exact) mass is 423 g/mol. The molecule has 4 rings (SSSR count). The quantitative estimate of drug-likeness (QED) is 0.402. The summed E-state index contributed by atoms with van der Waals surface area (Å²) in [4.78, 5) is 30.8. The molecule has 0 spiro atoms. The summed E-state index contributed by atoms with van der Waals surface area (Å²) in [7, 11) is 0. The van der Waals surface area contributed by atoms with E-state index in [2.05, 4.69) is 4.90 Å². The van der Waals surface area contributed by atoms with Crippen LogP contribution in [0.1, 0.15) is 30.5 Å². The number of benzene rings is 2. The molecular weight excluding hydrogens is 402 g/mol. The molecule has 0 saturated carbocycles. The molecule has 1 fully saturated rings. The molecule has 1 unspecified atom stereocenters. The van der Waals surface area contributed by atoms with Gasteiger partial charge < -0.3 is 9.64 Å². The average Bonchev–Trinajstić information content (AvgIpc) is 2.78. The van der Waals surface area contributed by atoms with E-state index in [9.17, 15) is 14.9 Å².